The van der Waals surface area contributed by atoms with Gasteiger partial charge in [0.1, 0.15) is 23.8 Å². The van der Waals surface area contributed by atoms with Crippen LogP contribution in [0.15, 0.2) is 77.5 Å². The highest BCUT2D eigenvalue weighted by Gasteiger charge is 2.15. The fourth-order valence-electron chi connectivity index (χ4n) is 4.55. The van der Waals surface area contributed by atoms with Gasteiger partial charge in [-0.1, -0.05) is 30.3 Å². The second-order valence-electron chi connectivity index (χ2n) is 9.20. The van der Waals surface area contributed by atoms with Gasteiger partial charge < -0.3 is 24.4 Å². The lowest BCUT2D eigenvalue weighted by Crippen LogP contribution is -2.11. The van der Waals surface area contributed by atoms with Gasteiger partial charge in [0.2, 0.25) is 0 Å². The molecule has 7 heteroatoms. The molecule has 2 heterocycles. The van der Waals surface area contributed by atoms with Crippen molar-refractivity contribution in [1.82, 2.24) is 4.98 Å². The van der Waals surface area contributed by atoms with Crippen molar-refractivity contribution in [3.05, 3.63) is 89.8 Å². The van der Waals surface area contributed by atoms with Crippen molar-refractivity contribution in [1.29, 1.82) is 0 Å². The molecule has 2 aromatic heterocycles. The number of nitrogens with two attached hydrogens (primary N) is 1. The number of esters is 1. The van der Waals surface area contributed by atoms with Crippen LogP contribution in [0.4, 0.5) is 5.82 Å². The molecule has 194 valence electrons. The van der Waals surface area contributed by atoms with Crippen molar-refractivity contribution < 1.29 is 23.4 Å². The number of anilines is 1. The maximum atomic E-state index is 12.3. The number of para-hydroxylation sites is 1. The van der Waals surface area contributed by atoms with E-state index >= 15 is 0 Å². The molecule has 3 aromatic carbocycles. The number of pyridine rings is 1. The maximum Gasteiger partial charge on any atom is 0.310 e. The van der Waals surface area contributed by atoms with Crippen molar-refractivity contribution in [2.45, 2.75) is 26.4 Å². The zero-order chi connectivity index (χ0) is 26.5. The number of furan rings is 1. The number of hydrogen-bond acceptors (Lipinski definition) is 7. The first kappa shape index (κ1) is 25.3. The quantitative estimate of drug-likeness (QED) is 0.175. The summed E-state index contributed by atoms with van der Waals surface area (Å²) >= 11 is 0. The van der Waals surface area contributed by atoms with E-state index in [4.69, 9.17) is 24.4 Å². The number of hydrogen-bond donors (Lipinski definition) is 1. The second kappa shape index (κ2) is 11.4. The molecule has 0 unspecified atom stereocenters. The molecule has 0 radical (unpaired) electrons. The number of methoxy groups -OCH3 is 1. The third-order valence-corrected chi connectivity index (χ3v) is 6.52. The van der Waals surface area contributed by atoms with Gasteiger partial charge in [0.15, 0.2) is 0 Å². The van der Waals surface area contributed by atoms with Gasteiger partial charge in [-0.05, 0) is 59.3 Å². The molecule has 7 nitrogen and oxygen atoms in total. The topological polar surface area (TPSA) is 96.8 Å². The highest BCUT2D eigenvalue weighted by molar-refractivity contribution is 5.96. The Balaban J connectivity index is 1.36. The summed E-state index contributed by atoms with van der Waals surface area (Å²) in [5, 5.41) is 2.95. The van der Waals surface area contributed by atoms with Crippen LogP contribution in [0, 0.1) is 6.92 Å². The van der Waals surface area contributed by atoms with Crippen LogP contribution in [0.5, 0.6) is 5.75 Å². The minimum atomic E-state index is -0.294. The average molecular weight is 511 g/mol. The number of nitrogen functional groups attached to an aromatic ring is 1. The number of carbonyl (C=O) groups excluding carboxylic acids is 1. The van der Waals surface area contributed by atoms with E-state index in [0.717, 1.165) is 49.6 Å². The molecular weight excluding hydrogens is 480 g/mol. The summed E-state index contributed by atoms with van der Waals surface area (Å²) < 4.78 is 22.4. The van der Waals surface area contributed by atoms with Crippen molar-refractivity contribution in [3.63, 3.8) is 0 Å². The second-order valence-corrected chi connectivity index (χ2v) is 9.20. The zero-order valence-corrected chi connectivity index (χ0v) is 21.5. The Morgan fingerprint density at radius 2 is 1.82 bits per heavy atom. The molecule has 0 saturated heterocycles. The van der Waals surface area contributed by atoms with Gasteiger partial charge in [-0.15, -0.1) is 0 Å². The standard InChI is InChI=1S/C31H30N2O5/c1-20-14-24(22-9-8-21-10-11-33-31(32)27(21)15-22)16-26-25(19-38-30(20)26)18-37-28-7-4-3-6-23(28)17-29(34)36-13-5-12-35-2/h3-4,6-11,14-16,19H,5,12-13,17-18H2,1-2H3,(H2,32,33). The molecule has 0 aliphatic carbocycles. The van der Waals surface area contributed by atoms with Crippen LogP contribution in [-0.4, -0.2) is 31.3 Å². The molecule has 0 spiro atoms. The summed E-state index contributed by atoms with van der Waals surface area (Å²) in [6.45, 7) is 3.21. The van der Waals surface area contributed by atoms with Crippen LogP contribution in [0.2, 0.25) is 0 Å². The maximum absolute atomic E-state index is 12.3. The third kappa shape index (κ3) is 5.48. The summed E-state index contributed by atoms with van der Waals surface area (Å²) in [5.41, 5.74) is 11.8. The van der Waals surface area contributed by atoms with Crippen LogP contribution in [0.25, 0.3) is 32.9 Å². The van der Waals surface area contributed by atoms with Gasteiger partial charge in [-0.2, -0.15) is 0 Å². The Morgan fingerprint density at radius 3 is 2.68 bits per heavy atom. The predicted molar refractivity (Wildman–Crippen MR) is 148 cm³/mol. The van der Waals surface area contributed by atoms with E-state index in [1.807, 2.05) is 37.3 Å². The number of aryl methyl sites for hydroxylation is 1. The molecule has 5 rings (SSSR count). The smallest absolute Gasteiger partial charge is 0.310 e. The Bertz CT molecular complexity index is 1590. The summed E-state index contributed by atoms with van der Waals surface area (Å²) in [5.74, 6) is 0.857. The first-order chi connectivity index (χ1) is 18.5. The zero-order valence-electron chi connectivity index (χ0n) is 21.5. The highest BCUT2D eigenvalue weighted by atomic mass is 16.5. The van der Waals surface area contributed by atoms with Crippen LogP contribution < -0.4 is 10.5 Å². The summed E-state index contributed by atoms with van der Waals surface area (Å²) in [4.78, 5) is 16.5. The van der Waals surface area contributed by atoms with Crippen LogP contribution in [0.3, 0.4) is 0 Å². The average Bonchev–Trinajstić information content (AvgIpc) is 3.34. The fourth-order valence-corrected chi connectivity index (χ4v) is 4.55. The number of carbonyl (C=O) groups is 1. The van der Waals surface area contributed by atoms with Crippen LogP contribution in [-0.2, 0) is 27.3 Å². The normalized spacial score (nSPS) is 11.2. The van der Waals surface area contributed by atoms with Crippen molar-refractivity contribution >= 4 is 33.5 Å². The van der Waals surface area contributed by atoms with E-state index in [2.05, 4.69) is 35.3 Å². The number of rotatable bonds is 10. The van der Waals surface area contributed by atoms with E-state index in [0.29, 0.717) is 37.8 Å². The summed E-state index contributed by atoms with van der Waals surface area (Å²) in [7, 11) is 1.62. The fraction of sp³-hybridized carbons (Fsp3) is 0.226. The minimum absolute atomic E-state index is 0.137. The monoisotopic (exact) mass is 510 g/mol. The molecule has 2 N–H and O–H groups in total. The van der Waals surface area contributed by atoms with E-state index in [1.54, 1.807) is 19.6 Å². The van der Waals surface area contributed by atoms with Crippen molar-refractivity contribution in [3.8, 4) is 16.9 Å². The highest BCUT2D eigenvalue weighted by Crippen LogP contribution is 2.33. The largest absolute Gasteiger partial charge is 0.488 e. The number of fused-ring (bicyclic) bond motifs is 2. The lowest BCUT2D eigenvalue weighted by atomic mass is 9.98. The number of aromatic nitrogens is 1. The lowest BCUT2D eigenvalue weighted by molar-refractivity contribution is -0.143. The molecule has 0 aliphatic rings. The molecule has 5 aromatic rings. The first-order valence-electron chi connectivity index (χ1n) is 12.5. The molecule has 0 aliphatic heterocycles. The minimum Gasteiger partial charge on any atom is -0.488 e. The van der Waals surface area contributed by atoms with E-state index < -0.39 is 0 Å². The van der Waals surface area contributed by atoms with Gasteiger partial charge in [-0.25, -0.2) is 4.98 Å². The van der Waals surface area contributed by atoms with Gasteiger partial charge in [0.25, 0.3) is 0 Å². The summed E-state index contributed by atoms with van der Waals surface area (Å²) in [6, 6.07) is 19.9. The van der Waals surface area contributed by atoms with E-state index in [-0.39, 0.29) is 12.4 Å². The Kier molecular flexibility index (Phi) is 7.56. The molecule has 0 atom stereocenters. The number of benzene rings is 3. The Labute approximate surface area is 221 Å². The predicted octanol–water partition coefficient (Wildman–Crippen LogP) is 6.24. The van der Waals surface area contributed by atoms with E-state index in [9.17, 15) is 4.79 Å². The van der Waals surface area contributed by atoms with Crippen molar-refractivity contribution in [2.75, 3.05) is 26.1 Å². The van der Waals surface area contributed by atoms with Gasteiger partial charge in [-0.3, -0.25) is 4.79 Å². The van der Waals surface area contributed by atoms with Crippen LogP contribution >= 0.6 is 0 Å². The number of ether oxygens (including phenoxy) is 3. The molecular formula is C31H30N2O5. The summed E-state index contributed by atoms with van der Waals surface area (Å²) in [6.07, 6.45) is 4.25. The molecule has 0 amide bonds. The van der Waals surface area contributed by atoms with Gasteiger partial charge >= 0.3 is 5.97 Å². The molecule has 0 saturated carbocycles. The van der Waals surface area contributed by atoms with Gasteiger partial charge in [0, 0.05) is 48.2 Å². The SMILES string of the molecule is COCCCOC(=O)Cc1ccccc1OCc1coc2c(C)cc(-c3ccc4ccnc(N)c4c3)cc12. The third-order valence-electron chi connectivity index (χ3n) is 6.52. The van der Waals surface area contributed by atoms with Crippen molar-refractivity contribution in [2.24, 2.45) is 0 Å². The first-order valence-corrected chi connectivity index (χ1v) is 12.5. The van der Waals surface area contributed by atoms with Gasteiger partial charge in [0.05, 0.1) is 19.3 Å². The Hall–Kier alpha value is -4.36. The lowest BCUT2D eigenvalue weighted by Gasteiger charge is -2.11. The molecule has 0 bridgehead atoms. The van der Waals surface area contributed by atoms with Crippen LogP contribution in [0.1, 0.15) is 23.1 Å². The number of nitrogens with zero attached hydrogens (tertiary/aromatic N) is 1. The molecule has 0 fully saturated rings. The van der Waals surface area contributed by atoms with E-state index in [1.165, 1.54) is 0 Å². The molecule has 38 heavy (non-hydrogen) atoms. The Morgan fingerprint density at radius 1 is 0.974 bits per heavy atom.